The molecule has 0 rings (SSSR count). The summed E-state index contributed by atoms with van der Waals surface area (Å²) in [6.45, 7) is 18.0. The number of likely N-dealkylation sites (N-methyl/N-ethyl adjacent to an activating group) is 1. The third kappa shape index (κ3) is 4.97. The first-order valence-corrected chi connectivity index (χ1v) is 7.08. The van der Waals surface area contributed by atoms with Crippen LogP contribution >= 0.6 is 0 Å². The van der Waals surface area contributed by atoms with E-state index in [1.54, 1.807) is 0 Å². The molecule has 0 aromatic rings. The summed E-state index contributed by atoms with van der Waals surface area (Å²) >= 11 is 0. The summed E-state index contributed by atoms with van der Waals surface area (Å²) in [6.07, 6.45) is 6.97. The second-order valence-electron chi connectivity index (χ2n) is 5.45. The van der Waals surface area contributed by atoms with Gasteiger partial charge in [-0.05, 0) is 37.7 Å². The van der Waals surface area contributed by atoms with Gasteiger partial charge in [-0.25, -0.2) is 0 Å². The van der Waals surface area contributed by atoms with Gasteiger partial charge in [0, 0.05) is 18.8 Å². The topological polar surface area (TPSA) is 3.24 Å². The second-order valence-corrected chi connectivity index (χ2v) is 5.45. The summed E-state index contributed by atoms with van der Waals surface area (Å²) in [6, 6.07) is 0. The molecule has 1 heteroatoms. The molecule has 0 fully saturated rings. The molecule has 0 aliphatic carbocycles. The van der Waals surface area contributed by atoms with E-state index >= 15 is 0 Å². The molecule has 0 heterocycles. The summed E-state index contributed by atoms with van der Waals surface area (Å²) in [5.74, 6) is 0. The Morgan fingerprint density at radius 1 is 0.882 bits per heavy atom. The lowest BCUT2D eigenvalue weighted by Gasteiger charge is -2.33. The van der Waals surface area contributed by atoms with Gasteiger partial charge in [-0.1, -0.05) is 46.8 Å². The fraction of sp³-hybridized carbons (Fsp3) is 0.750. The van der Waals surface area contributed by atoms with E-state index in [0.29, 0.717) is 0 Å². The second kappa shape index (κ2) is 7.58. The van der Waals surface area contributed by atoms with Crippen LogP contribution in [0.3, 0.4) is 0 Å². The van der Waals surface area contributed by atoms with Gasteiger partial charge in [0.25, 0.3) is 0 Å². The molecule has 0 aliphatic rings. The number of rotatable bonds is 6. The third-order valence-corrected chi connectivity index (χ3v) is 2.99. The summed E-state index contributed by atoms with van der Waals surface area (Å²) in [4.78, 5) is 2.47. The van der Waals surface area contributed by atoms with Crippen LogP contribution in [0.1, 0.15) is 61.3 Å². The molecule has 100 valence electrons. The van der Waals surface area contributed by atoms with Crippen LogP contribution in [0.4, 0.5) is 0 Å². The van der Waals surface area contributed by atoms with Gasteiger partial charge in [0.15, 0.2) is 0 Å². The Labute approximate surface area is 109 Å². The maximum absolute atomic E-state index is 2.47. The van der Waals surface area contributed by atoms with E-state index in [0.717, 1.165) is 25.9 Å². The van der Waals surface area contributed by atoms with E-state index in [9.17, 15) is 0 Å². The van der Waals surface area contributed by atoms with Gasteiger partial charge in [0.2, 0.25) is 0 Å². The molecular weight excluding hydrogens is 206 g/mol. The van der Waals surface area contributed by atoms with E-state index in [1.807, 2.05) is 0 Å². The van der Waals surface area contributed by atoms with Crippen LogP contribution in [0, 0.1) is 5.41 Å². The Hall–Kier alpha value is -0.720. The SMILES string of the molecule is CC/C=C(/C(=C\CC)C(C)(C)C)N(CC)CC. The lowest BCUT2D eigenvalue weighted by molar-refractivity contribution is 0.362. The zero-order valence-corrected chi connectivity index (χ0v) is 12.9. The molecule has 1 nitrogen and oxygen atoms in total. The first-order valence-electron chi connectivity index (χ1n) is 7.08. The smallest absolute Gasteiger partial charge is 0.0360 e. The highest BCUT2D eigenvalue weighted by Gasteiger charge is 2.22. The van der Waals surface area contributed by atoms with Crippen molar-refractivity contribution in [2.24, 2.45) is 5.41 Å². The Balaban J connectivity index is 5.41. The number of hydrogen-bond donors (Lipinski definition) is 0. The molecular formula is C16H31N. The highest BCUT2D eigenvalue weighted by molar-refractivity contribution is 5.34. The average Bonchev–Trinajstić information content (AvgIpc) is 2.25. The monoisotopic (exact) mass is 237 g/mol. The van der Waals surface area contributed by atoms with Crippen LogP contribution in [-0.4, -0.2) is 18.0 Å². The van der Waals surface area contributed by atoms with Crippen molar-refractivity contribution < 1.29 is 0 Å². The van der Waals surface area contributed by atoms with Crippen molar-refractivity contribution in [3.8, 4) is 0 Å². The lowest BCUT2D eigenvalue weighted by Crippen LogP contribution is -2.27. The van der Waals surface area contributed by atoms with Crippen molar-refractivity contribution in [2.45, 2.75) is 61.3 Å². The van der Waals surface area contributed by atoms with Crippen LogP contribution in [0.15, 0.2) is 23.4 Å². The minimum atomic E-state index is 0.222. The highest BCUT2D eigenvalue weighted by Crippen LogP contribution is 2.33. The van der Waals surface area contributed by atoms with Crippen molar-refractivity contribution >= 4 is 0 Å². The van der Waals surface area contributed by atoms with Crippen LogP contribution in [0.2, 0.25) is 0 Å². The van der Waals surface area contributed by atoms with Crippen molar-refractivity contribution in [1.82, 2.24) is 4.90 Å². The van der Waals surface area contributed by atoms with Gasteiger partial charge >= 0.3 is 0 Å². The predicted octanol–water partition coefficient (Wildman–Crippen LogP) is 5.00. The molecule has 0 unspecified atom stereocenters. The zero-order chi connectivity index (χ0) is 13.5. The first-order chi connectivity index (χ1) is 7.92. The van der Waals surface area contributed by atoms with Gasteiger partial charge in [-0.2, -0.15) is 0 Å². The number of nitrogens with zero attached hydrogens (tertiary/aromatic N) is 1. The minimum Gasteiger partial charge on any atom is -0.372 e. The van der Waals surface area contributed by atoms with Crippen molar-refractivity contribution in [1.29, 1.82) is 0 Å². The predicted molar refractivity (Wildman–Crippen MR) is 79.1 cm³/mol. The fourth-order valence-electron chi connectivity index (χ4n) is 2.17. The van der Waals surface area contributed by atoms with Crippen LogP contribution < -0.4 is 0 Å². The average molecular weight is 237 g/mol. The first kappa shape index (κ1) is 16.3. The van der Waals surface area contributed by atoms with Crippen molar-refractivity contribution in [3.05, 3.63) is 23.4 Å². The van der Waals surface area contributed by atoms with Gasteiger partial charge < -0.3 is 4.90 Å². The van der Waals surface area contributed by atoms with Crippen LogP contribution in [-0.2, 0) is 0 Å². The third-order valence-electron chi connectivity index (χ3n) is 2.99. The molecule has 0 aliphatic heterocycles. The quantitative estimate of drug-likeness (QED) is 0.587. The van der Waals surface area contributed by atoms with E-state index in [1.165, 1.54) is 11.3 Å². The fourth-order valence-corrected chi connectivity index (χ4v) is 2.17. The molecule has 0 saturated carbocycles. The normalized spacial score (nSPS) is 14.1. The largest absolute Gasteiger partial charge is 0.372 e. The zero-order valence-electron chi connectivity index (χ0n) is 12.9. The van der Waals surface area contributed by atoms with Crippen LogP contribution in [0.5, 0.6) is 0 Å². The van der Waals surface area contributed by atoms with Gasteiger partial charge in [0.05, 0.1) is 0 Å². The summed E-state index contributed by atoms with van der Waals surface area (Å²) in [7, 11) is 0. The molecule has 0 atom stereocenters. The lowest BCUT2D eigenvalue weighted by atomic mass is 9.83. The van der Waals surface area contributed by atoms with E-state index in [2.05, 4.69) is 65.5 Å². The van der Waals surface area contributed by atoms with E-state index in [-0.39, 0.29) is 5.41 Å². The molecule has 0 aromatic heterocycles. The molecule has 17 heavy (non-hydrogen) atoms. The maximum atomic E-state index is 2.47. The Morgan fingerprint density at radius 2 is 1.35 bits per heavy atom. The highest BCUT2D eigenvalue weighted by atomic mass is 15.1. The molecule has 0 radical (unpaired) electrons. The molecule has 0 amide bonds. The summed E-state index contributed by atoms with van der Waals surface area (Å²) in [5.41, 5.74) is 3.15. The van der Waals surface area contributed by atoms with E-state index < -0.39 is 0 Å². The van der Waals surface area contributed by atoms with Crippen molar-refractivity contribution in [2.75, 3.05) is 13.1 Å². The molecule has 0 spiro atoms. The summed E-state index contributed by atoms with van der Waals surface area (Å²) < 4.78 is 0. The maximum Gasteiger partial charge on any atom is 0.0360 e. The van der Waals surface area contributed by atoms with E-state index in [4.69, 9.17) is 0 Å². The minimum absolute atomic E-state index is 0.222. The Morgan fingerprint density at radius 3 is 1.65 bits per heavy atom. The molecule has 0 saturated heterocycles. The number of allylic oxidation sites excluding steroid dienone is 3. The molecule has 0 aromatic carbocycles. The van der Waals surface area contributed by atoms with Gasteiger partial charge in [0.1, 0.15) is 0 Å². The molecule has 0 N–H and O–H groups in total. The Bertz CT molecular complexity index is 262. The van der Waals surface area contributed by atoms with Gasteiger partial charge in [-0.15, -0.1) is 0 Å². The Kier molecular flexibility index (Phi) is 7.26. The number of hydrogen-bond acceptors (Lipinski definition) is 1. The van der Waals surface area contributed by atoms with Crippen LogP contribution in [0.25, 0.3) is 0 Å². The summed E-state index contributed by atoms with van der Waals surface area (Å²) in [5, 5.41) is 0. The standard InChI is InChI=1S/C16H31N/c1-8-12-14(16(5,6)7)15(13-9-2)17(10-3)11-4/h12-13H,8-11H2,1-7H3/b14-12+,15-13-. The van der Waals surface area contributed by atoms with Gasteiger partial charge in [-0.3, -0.25) is 0 Å². The van der Waals surface area contributed by atoms with Crippen molar-refractivity contribution in [3.63, 3.8) is 0 Å². The molecule has 0 bridgehead atoms.